The van der Waals surface area contributed by atoms with Crippen LogP contribution in [0.4, 0.5) is 0 Å². The summed E-state index contributed by atoms with van der Waals surface area (Å²) in [7, 11) is 0. The van der Waals surface area contributed by atoms with Crippen LogP contribution in [0.3, 0.4) is 0 Å². The van der Waals surface area contributed by atoms with Gasteiger partial charge in [-0.15, -0.1) is 11.3 Å². The lowest BCUT2D eigenvalue weighted by Gasteiger charge is -2.58. The number of nitrogens with one attached hydrogen (secondary N) is 1. The lowest BCUT2D eigenvalue weighted by atomic mass is 9.54. The summed E-state index contributed by atoms with van der Waals surface area (Å²) in [5.74, 6) is -1.34. The van der Waals surface area contributed by atoms with Crippen LogP contribution in [0.2, 0.25) is 4.34 Å². The van der Waals surface area contributed by atoms with Gasteiger partial charge >= 0.3 is 5.97 Å². The van der Waals surface area contributed by atoms with Crippen LogP contribution in [0, 0.1) is 5.41 Å². The van der Waals surface area contributed by atoms with Gasteiger partial charge in [0.1, 0.15) is 5.54 Å². The second kappa shape index (κ2) is 6.18. The molecule has 0 aromatic carbocycles. The number of amides is 1. The second-order valence-corrected chi connectivity index (χ2v) is 7.81. The maximum atomic E-state index is 12.2. The number of halogens is 1. The molecule has 22 heavy (non-hydrogen) atoms. The van der Waals surface area contributed by atoms with E-state index in [-0.39, 0.29) is 24.9 Å². The van der Waals surface area contributed by atoms with Crippen molar-refractivity contribution in [1.82, 2.24) is 5.32 Å². The van der Waals surface area contributed by atoms with Gasteiger partial charge in [0.15, 0.2) is 0 Å². The summed E-state index contributed by atoms with van der Waals surface area (Å²) in [4.78, 5) is 24.8. The molecule has 0 bridgehead atoms. The number of carbonyl (C=O) groups excluding carboxylic acids is 1. The van der Waals surface area contributed by atoms with E-state index in [1.165, 1.54) is 11.3 Å². The average molecular weight is 346 g/mol. The highest BCUT2D eigenvalue weighted by atomic mass is 35.5. The minimum absolute atomic E-state index is 0.127. The number of aliphatic carboxylic acids is 1. The van der Waals surface area contributed by atoms with Crippen molar-refractivity contribution in [3.05, 3.63) is 21.3 Å². The Hall–Kier alpha value is -1.11. The number of carbonyl (C=O) groups is 2. The minimum atomic E-state index is -1.29. The van der Waals surface area contributed by atoms with Gasteiger partial charge in [-0.3, -0.25) is 4.79 Å². The lowest BCUT2D eigenvalue weighted by molar-refractivity contribution is -0.194. The Labute approximate surface area is 138 Å². The first-order valence-electron chi connectivity index (χ1n) is 7.13. The monoisotopic (exact) mass is 345 g/mol. The van der Waals surface area contributed by atoms with Gasteiger partial charge in [0.05, 0.1) is 16.9 Å². The molecule has 1 saturated carbocycles. The van der Waals surface area contributed by atoms with Crippen LogP contribution in [-0.4, -0.2) is 35.2 Å². The topological polar surface area (TPSA) is 75.6 Å². The SMILES string of the molecule is CCOC1CC(NC(=O)Cc2ccc(Cl)s2)(C(=O)O)C1(C)C. The summed E-state index contributed by atoms with van der Waals surface area (Å²) in [6.07, 6.45) is 0.229. The molecular formula is C15H20ClNO4S. The fourth-order valence-corrected chi connectivity index (χ4v) is 4.01. The molecule has 2 atom stereocenters. The molecule has 0 radical (unpaired) electrons. The van der Waals surface area contributed by atoms with Crippen molar-refractivity contribution >= 4 is 34.8 Å². The summed E-state index contributed by atoms with van der Waals surface area (Å²) in [5, 5.41) is 12.3. The molecule has 0 saturated heterocycles. The molecule has 1 amide bonds. The van der Waals surface area contributed by atoms with Crippen molar-refractivity contribution in [2.24, 2.45) is 5.41 Å². The van der Waals surface area contributed by atoms with Crippen molar-refractivity contribution in [3.8, 4) is 0 Å². The normalized spacial score (nSPS) is 26.3. The first kappa shape index (κ1) is 17.2. The van der Waals surface area contributed by atoms with Gasteiger partial charge in [-0.25, -0.2) is 4.79 Å². The molecule has 0 aliphatic heterocycles. The Morgan fingerprint density at radius 3 is 2.64 bits per heavy atom. The van der Waals surface area contributed by atoms with Crippen LogP contribution in [-0.2, 0) is 20.7 Å². The number of hydrogen-bond acceptors (Lipinski definition) is 4. The molecular weight excluding hydrogens is 326 g/mol. The maximum absolute atomic E-state index is 12.2. The molecule has 1 aliphatic rings. The van der Waals surface area contributed by atoms with E-state index in [2.05, 4.69) is 5.32 Å². The summed E-state index contributed by atoms with van der Waals surface area (Å²) in [6, 6.07) is 3.50. The van der Waals surface area contributed by atoms with Crippen LogP contribution in [0.25, 0.3) is 0 Å². The molecule has 2 rings (SSSR count). The Morgan fingerprint density at radius 1 is 1.50 bits per heavy atom. The van der Waals surface area contributed by atoms with E-state index in [1.54, 1.807) is 12.1 Å². The van der Waals surface area contributed by atoms with Gasteiger partial charge in [0.2, 0.25) is 5.91 Å². The predicted molar refractivity (Wildman–Crippen MR) is 85.4 cm³/mol. The van der Waals surface area contributed by atoms with Gasteiger partial charge in [-0.2, -0.15) is 0 Å². The highest BCUT2D eigenvalue weighted by Gasteiger charge is 2.66. The Kier molecular flexibility index (Phi) is 4.84. The average Bonchev–Trinajstić information content (AvgIpc) is 2.82. The van der Waals surface area contributed by atoms with Crippen molar-refractivity contribution in [2.45, 2.75) is 45.3 Å². The van der Waals surface area contributed by atoms with Crippen LogP contribution in [0.1, 0.15) is 32.1 Å². The molecule has 7 heteroatoms. The third kappa shape index (κ3) is 2.87. The zero-order valence-corrected chi connectivity index (χ0v) is 14.4. The quantitative estimate of drug-likeness (QED) is 0.831. The zero-order chi connectivity index (χ0) is 16.5. The van der Waals surface area contributed by atoms with Gasteiger partial charge in [0.25, 0.3) is 0 Å². The Bertz CT molecular complexity index is 586. The smallest absolute Gasteiger partial charge is 0.330 e. The third-order valence-electron chi connectivity index (χ3n) is 4.45. The van der Waals surface area contributed by atoms with Crippen molar-refractivity contribution in [2.75, 3.05) is 6.61 Å². The van der Waals surface area contributed by atoms with Crippen LogP contribution in [0.15, 0.2) is 12.1 Å². The maximum Gasteiger partial charge on any atom is 0.330 e. The zero-order valence-electron chi connectivity index (χ0n) is 12.8. The van der Waals surface area contributed by atoms with Crippen LogP contribution in [0.5, 0.6) is 0 Å². The van der Waals surface area contributed by atoms with Crippen molar-refractivity contribution in [3.63, 3.8) is 0 Å². The molecule has 0 spiro atoms. The fourth-order valence-electron chi connectivity index (χ4n) is 2.92. The van der Waals surface area contributed by atoms with Gasteiger partial charge in [-0.1, -0.05) is 25.4 Å². The molecule has 2 N–H and O–H groups in total. The fraction of sp³-hybridized carbons (Fsp3) is 0.600. The van der Waals surface area contributed by atoms with Gasteiger partial charge in [0, 0.05) is 23.3 Å². The molecule has 1 aliphatic carbocycles. The van der Waals surface area contributed by atoms with E-state index >= 15 is 0 Å². The summed E-state index contributed by atoms with van der Waals surface area (Å²) >= 11 is 7.16. The predicted octanol–water partition coefficient (Wildman–Crippen LogP) is 2.72. The molecule has 5 nitrogen and oxygen atoms in total. The molecule has 122 valence electrons. The van der Waals surface area contributed by atoms with E-state index in [9.17, 15) is 14.7 Å². The summed E-state index contributed by atoms with van der Waals surface area (Å²) in [5.41, 5.74) is -1.96. The molecule has 1 heterocycles. The molecule has 1 fully saturated rings. The number of ether oxygens (including phenoxy) is 1. The van der Waals surface area contributed by atoms with E-state index in [0.29, 0.717) is 10.9 Å². The first-order valence-corrected chi connectivity index (χ1v) is 8.32. The highest BCUT2D eigenvalue weighted by molar-refractivity contribution is 7.16. The summed E-state index contributed by atoms with van der Waals surface area (Å²) < 4.78 is 6.18. The highest BCUT2D eigenvalue weighted by Crippen LogP contribution is 2.51. The molecule has 2 unspecified atom stereocenters. The van der Waals surface area contributed by atoms with E-state index in [1.807, 2.05) is 20.8 Å². The third-order valence-corrected chi connectivity index (χ3v) is 5.68. The number of carboxylic acid groups (broad SMARTS) is 1. The summed E-state index contributed by atoms with van der Waals surface area (Å²) in [6.45, 7) is 6.02. The number of carboxylic acids is 1. The van der Waals surface area contributed by atoms with Crippen molar-refractivity contribution in [1.29, 1.82) is 0 Å². The van der Waals surface area contributed by atoms with E-state index < -0.39 is 16.9 Å². The number of thiophene rings is 1. The largest absolute Gasteiger partial charge is 0.479 e. The first-order chi connectivity index (χ1) is 10.2. The molecule has 1 aromatic rings. The standard InChI is InChI=1S/C15H20ClNO4S/c1-4-21-10-8-15(13(19)20,14(10,2)3)17-12(18)7-9-5-6-11(16)22-9/h5-6,10H,4,7-8H2,1-3H3,(H,17,18)(H,19,20). The Balaban J connectivity index is 2.10. The molecule has 1 aromatic heterocycles. The Morgan fingerprint density at radius 2 is 2.18 bits per heavy atom. The van der Waals surface area contributed by atoms with E-state index in [0.717, 1.165) is 4.88 Å². The number of rotatable bonds is 6. The van der Waals surface area contributed by atoms with E-state index in [4.69, 9.17) is 16.3 Å². The van der Waals surface area contributed by atoms with Gasteiger partial charge < -0.3 is 15.2 Å². The van der Waals surface area contributed by atoms with Crippen molar-refractivity contribution < 1.29 is 19.4 Å². The number of hydrogen-bond donors (Lipinski definition) is 2. The lowest BCUT2D eigenvalue weighted by Crippen LogP contribution is -2.76. The second-order valence-electron chi connectivity index (χ2n) is 6.01. The van der Waals surface area contributed by atoms with Gasteiger partial charge in [-0.05, 0) is 19.1 Å². The van der Waals surface area contributed by atoms with Crippen LogP contribution < -0.4 is 5.32 Å². The minimum Gasteiger partial charge on any atom is -0.479 e. The van der Waals surface area contributed by atoms with Crippen LogP contribution >= 0.6 is 22.9 Å².